The van der Waals surface area contributed by atoms with E-state index in [0.717, 1.165) is 31.4 Å². The first-order valence-electron chi connectivity index (χ1n) is 7.45. The zero-order chi connectivity index (χ0) is 15.2. The predicted molar refractivity (Wildman–Crippen MR) is 93.3 cm³/mol. The van der Waals surface area contributed by atoms with Gasteiger partial charge in [0.25, 0.3) is 0 Å². The Balaban J connectivity index is 0.00000192. The van der Waals surface area contributed by atoms with Gasteiger partial charge >= 0.3 is 0 Å². The lowest BCUT2D eigenvalue weighted by Gasteiger charge is -2.23. The minimum absolute atomic E-state index is 0. The molecular weight excluding hydrogens is 314 g/mol. The van der Waals surface area contributed by atoms with Crippen LogP contribution in [0, 0.1) is 0 Å². The minimum atomic E-state index is -0.245. The third-order valence-corrected chi connectivity index (χ3v) is 3.42. The number of benzene rings is 1. The molecule has 1 aliphatic rings. The van der Waals surface area contributed by atoms with Gasteiger partial charge in [0.1, 0.15) is 0 Å². The molecule has 6 heteroatoms. The summed E-state index contributed by atoms with van der Waals surface area (Å²) in [4.78, 5) is 8.51. The van der Waals surface area contributed by atoms with Crippen LogP contribution in [0.25, 0.3) is 12.2 Å². The Morgan fingerprint density at radius 3 is 2.70 bits per heavy atom. The number of anilines is 1. The molecule has 1 fully saturated rings. The summed E-state index contributed by atoms with van der Waals surface area (Å²) in [5, 5.41) is 0. The number of hydrogen-bond donors (Lipinski definition) is 1. The highest BCUT2D eigenvalue weighted by Gasteiger charge is 2.17. The van der Waals surface area contributed by atoms with E-state index in [2.05, 4.69) is 9.97 Å². The highest BCUT2D eigenvalue weighted by atomic mass is 35.5. The number of aromatic nitrogens is 2. The second kappa shape index (κ2) is 8.50. The molecule has 0 radical (unpaired) electrons. The van der Waals surface area contributed by atoms with E-state index in [0.29, 0.717) is 17.4 Å². The van der Waals surface area contributed by atoms with E-state index >= 15 is 0 Å². The molecule has 0 saturated carbocycles. The van der Waals surface area contributed by atoms with Crippen molar-refractivity contribution >= 4 is 30.4 Å². The van der Waals surface area contributed by atoms with Crippen LogP contribution in [-0.2, 0) is 4.74 Å². The summed E-state index contributed by atoms with van der Waals surface area (Å²) in [6.07, 6.45) is 8.18. The molecule has 5 nitrogen and oxygen atoms in total. The summed E-state index contributed by atoms with van der Waals surface area (Å²) in [7, 11) is 0. The van der Waals surface area contributed by atoms with Crippen LogP contribution in [0.2, 0.25) is 0 Å². The average Bonchev–Trinajstić information content (AvgIpc) is 2.57. The predicted octanol–water partition coefficient (Wildman–Crippen LogP) is 3.56. The van der Waals surface area contributed by atoms with Crippen LogP contribution in [0.1, 0.15) is 30.7 Å². The molecule has 1 aliphatic heterocycles. The Morgan fingerprint density at radius 2 is 2.00 bits per heavy atom. The van der Waals surface area contributed by atoms with Gasteiger partial charge in [-0.3, -0.25) is 0 Å². The maximum absolute atomic E-state index is 5.94. The van der Waals surface area contributed by atoms with Crippen molar-refractivity contribution in [3.63, 3.8) is 0 Å². The summed E-state index contributed by atoms with van der Waals surface area (Å²) >= 11 is 0. The first kappa shape index (κ1) is 17.2. The Kier molecular flexibility index (Phi) is 6.38. The molecule has 1 atom stereocenters. The quantitative estimate of drug-likeness (QED) is 0.926. The number of nitrogen functional groups attached to an aromatic ring is 1. The van der Waals surface area contributed by atoms with E-state index in [1.54, 1.807) is 6.20 Å². The van der Waals surface area contributed by atoms with Crippen molar-refractivity contribution in [1.82, 2.24) is 9.97 Å². The molecule has 1 unspecified atom stereocenters. The van der Waals surface area contributed by atoms with Crippen molar-refractivity contribution in [2.75, 3.05) is 12.3 Å². The molecule has 2 aromatic rings. The van der Waals surface area contributed by atoms with Crippen molar-refractivity contribution < 1.29 is 9.47 Å². The molecular formula is C17H20ClN3O2. The summed E-state index contributed by atoms with van der Waals surface area (Å²) in [5.41, 5.74) is 7.03. The van der Waals surface area contributed by atoms with Gasteiger partial charge in [0.05, 0.1) is 12.8 Å². The van der Waals surface area contributed by atoms with Crippen LogP contribution in [0.3, 0.4) is 0 Å². The second-order valence-corrected chi connectivity index (χ2v) is 5.14. The van der Waals surface area contributed by atoms with Gasteiger partial charge in [0, 0.05) is 6.42 Å². The first-order chi connectivity index (χ1) is 10.8. The normalized spacial score (nSPS) is 17.7. The van der Waals surface area contributed by atoms with E-state index in [1.165, 1.54) is 0 Å². The third-order valence-electron chi connectivity index (χ3n) is 3.42. The monoisotopic (exact) mass is 333 g/mol. The highest BCUT2D eigenvalue weighted by molar-refractivity contribution is 5.85. The van der Waals surface area contributed by atoms with Crippen LogP contribution in [0.4, 0.5) is 5.82 Å². The van der Waals surface area contributed by atoms with Gasteiger partial charge in [-0.05, 0) is 24.5 Å². The van der Waals surface area contributed by atoms with E-state index in [1.807, 2.05) is 42.5 Å². The number of nitrogens with two attached hydrogens (primary N) is 1. The van der Waals surface area contributed by atoms with Gasteiger partial charge in [-0.1, -0.05) is 36.4 Å². The largest absolute Gasteiger partial charge is 0.459 e. The number of nitrogens with zero attached hydrogens (tertiary/aromatic N) is 2. The molecule has 1 saturated heterocycles. The molecule has 0 spiro atoms. The minimum Gasteiger partial charge on any atom is -0.459 e. The summed E-state index contributed by atoms with van der Waals surface area (Å²) in [6.45, 7) is 0.726. The third kappa shape index (κ3) is 4.94. The molecule has 0 bridgehead atoms. The Morgan fingerprint density at radius 1 is 1.17 bits per heavy atom. The Hall–Kier alpha value is -2.11. The Bertz CT molecular complexity index is 644. The van der Waals surface area contributed by atoms with Crippen LogP contribution in [0.15, 0.2) is 36.5 Å². The first-order valence-corrected chi connectivity index (χ1v) is 7.45. The fourth-order valence-corrected chi connectivity index (χ4v) is 2.25. The van der Waals surface area contributed by atoms with Crippen molar-refractivity contribution in [2.24, 2.45) is 0 Å². The summed E-state index contributed by atoms with van der Waals surface area (Å²) in [6, 6.07) is 9.97. The van der Waals surface area contributed by atoms with Crippen molar-refractivity contribution in [2.45, 2.75) is 25.6 Å². The van der Waals surface area contributed by atoms with Gasteiger partial charge in [-0.2, -0.15) is 0 Å². The highest BCUT2D eigenvalue weighted by Crippen LogP contribution is 2.23. The molecule has 0 amide bonds. The number of rotatable bonds is 4. The standard InChI is InChI=1S/C17H19N3O2.ClH/c18-17-14(22-16-8-4-5-11-21-16)12-19-15(20-17)10-9-13-6-2-1-3-7-13;/h1-3,6-7,9-10,12,16H,4-5,8,11H2,(H2,18,19,20);1H/b10-9+;. The van der Waals surface area contributed by atoms with Crippen LogP contribution < -0.4 is 10.5 Å². The molecule has 2 N–H and O–H groups in total. The molecule has 122 valence electrons. The molecule has 23 heavy (non-hydrogen) atoms. The van der Waals surface area contributed by atoms with Crippen molar-refractivity contribution in [1.29, 1.82) is 0 Å². The van der Waals surface area contributed by atoms with Crippen LogP contribution in [0.5, 0.6) is 5.75 Å². The van der Waals surface area contributed by atoms with Crippen molar-refractivity contribution in [3.8, 4) is 5.75 Å². The second-order valence-electron chi connectivity index (χ2n) is 5.14. The maximum atomic E-state index is 5.94. The number of ether oxygens (including phenoxy) is 2. The van der Waals surface area contributed by atoms with E-state index in [9.17, 15) is 0 Å². The lowest BCUT2D eigenvalue weighted by Crippen LogP contribution is -2.25. The van der Waals surface area contributed by atoms with Crippen LogP contribution in [-0.4, -0.2) is 22.9 Å². The van der Waals surface area contributed by atoms with E-state index in [-0.39, 0.29) is 18.7 Å². The molecule has 1 aromatic carbocycles. The van der Waals surface area contributed by atoms with Crippen LogP contribution >= 0.6 is 12.4 Å². The molecule has 2 heterocycles. The fraction of sp³-hybridized carbons (Fsp3) is 0.294. The topological polar surface area (TPSA) is 70.3 Å². The van der Waals surface area contributed by atoms with Gasteiger partial charge in [0.2, 0.25) is 0 Å². The van der Waals surface area contributed by atoms with Gasteiger partial charge in [0.15, 0.2) is 23.7 Å². The SMILES string of the molecule is Cl.Nc1nc(/C=C/c2ccccc2)ncc1OC1CCCCO1. The summed E-state index contributed by atoms with van der Waals surface area (Å²) in [5.74, 6) is 1.36. The Labute approximate surface area is 142 Å². The fourth-order valence-electron chi connectivity index (χ4n) is 2.25. The smallest absolute Gasteiger partial charge is 0.200 e. The molecule has 3 rings (SSSR count). The zero-order valence-electron chi connectivity index (χ0n) is 12.7. The summed E-state index contributed by atoms with van der Waals surface area (Å²) < 4.78 is 11.2. The molecule has 1 aromatic heterocycles. The lowest BCUT2D eigenvalue weighted by atomic mass is 10.2. The van der Waals surface area contributed by atoms with Gasteiger partial charge < -0.3 is 15.2 Å². The maximum Gasteiger partial charge on any atom is 0.200 e. The van der Waals surface area contributed by atoms with Gasteiger partial charge in [-0.15, -0.1) is 12.4 Å². The number of halogens is 1. The van der Waals surface area contributed by atoms with E-state index < -0.39 is 0 Å². The molecule has 0 aliphatic carbocycles. The van der Waals surface area contributed by atoms with Crippen molar-refractivity contribution in [3.05, 3.63) is 47.9 Å². The zero-order valence-corrected chi connectivity index (χ0v) is 13.5. The number of hydrogen-bond acceptors (Lipinski definition) is 5. The van der Waals surface area contributed by atoms with E-state index in [4.69, 9.17) is 15.2 Å². The average molecular weight is 334 g/mol. The lowest BCUT2D eigenvalue weighted by molar-refractivity contribution is -0.105. The van der Waals surface area contributed by atoms with Gasteiger partial charge in [-0.25, -0.2) is 9.97 Å².